The van der Waals surface area contributed by atoms with E-state index in [-0.39, 0.29) is 0 Å². The Morgan fingerprint density at radius 1 is 0.963 bits per heavy atom. The van der Waals surface area contributed by atoms with Crippen molar-refractivity contribution in [3.63, 3.8) is 0 Å². The van der Waals surface area contributed by atoms with Gasteiger partial charge in [0.1, 0.15) is 0 Å². The van der Waals surface area contributed by atoms with Crippen molar-refractivity contribution in [2.24, 2.45) is 0 Å². The van der Waals surface area contributed by atoms with Crippen LogP contribution in [0.4, 0.5) is 0 Å². The number of aromatic amines is 1. The van der Waals surface area contributed by atoms with E-state index in [0.717, 1.165) is 22.4 Å². The van der Waals surface area contributed by atoms with Gasteiger partial charge in [0.2, 0.25) is 0 Å². The number of aliphatic hydroxyl groups excluding tert-OH is 1. The van der Waals surface area contributed by atoms with E-state index in [1.807, 2.05) is 43.6 Å². The summed E-state index contributed by atoms with van der Waals surface area (Å²) in [7, 11) is 2.02. The zero-order valence-electron chi connectivity index (χ0n) is 15.3. The molecule has 4 aromatic rings. The monoisotopic (exact) mass is 357 g/mol. The molecule has 136 valence electrons. The number of likely N-dealkylation sites (N-methyl/N-ethyl adjacent to an activating group) is 1. The third-order valence-electron chi connectivity index (χ3n) is 4.89. The fourth-order valence-electron chi connectivity index (χ4n) is 3.54. The molecule has 1 aromatic heterocycles. The van der Waals surface area contributed by atoms with Crippen LogP contribution in [0.1, 0.15) is 17.2 Å². The highest BCUT2D eigenvalue weighted by molar-refractivity contribution is 5.96. The molecule has 0 aliphatic carbocycles. The van der Waals surface area contributed by atoms with Crippen molar-refractivity contribution in [1.29, 1.82) is 0 Å². The number of hydrogen-bond acceptors (Lipinski definition) is 3. The standard InChI is InChI=1S/C23H23N3O/c1-26(16-22(27)18-9-3-2-4-10-18)15-19-14-24-25-23(19)21-13-7-11-17-8-5-6-12-20(17)21/h2-14,22,27H,15-16H2,1H3,(H,24,25). The molecule has 0 spiro atoms. The summed E-state index contributed by atoms with van der Waals surface area (Å²) in [4.78, 5) is 2.12. The fourth-order valence-corrected chi connectivity index (χ4v) is 3.54. The van der Waals surface area contributed by atoms with Crippen molar-refractivity contribution in [1.82, 2.24) is 15.1 Å². The number of nitrogens with zero attached hydrogens (tertiary/aromatic N) is 2. The molecule has 0 amide bonds. The molecule has 0 fully saturated rings. The molecule has 1 atom stereocenters. The zero-order chi connectivity index (χ0) is 18.6. The highest BCUT2D eigenvalue weighted by atomic mass is 16.3. The quantitative estimate of drug-likeness (QED) is 0.538. The van der Waals surface area contributed by atoms with Crippen LogP contribution in [0.2, 0.25) is 0 Å². The number of H-pyrrole nitrogens is 1. The average molecular weight is 357 g/mol. The van der Waals surface area contributed by atoms with Gasteiger partial charge in [0, 0.05) is 24.2 Å². The first-order chi connectivity index (χ1) is 13.2. The summed E-state index contributed by atoms with van der Waals surface area (Å²) in [6.45, 7) is 1.27. The Morgan fingerprint density at radius 3 is 2.56 bits per heavy atom. The average Bonchev–Trinajstić information content (AvgIpc) is 3.15. The number of rotatable bonds is 6. The normalized spacial score (nSPS) is 12.6. The lowest BCUT2D eigenvalue weighted by atomic mass is 10.00. The topological polar surface area (TPSA) is 52.2 Å². The molecular weight excluding hydrogens is 334 g/mol. The van der Waals surface area contributed by atoms with Crippen LogP contribution in [0.25, 0.3) is 22.0 Å². The predicted octanol–water partition coefficient (Wildman–Crippen LogP) is 4.40. The largest absolute Gasteiger partial charge is 0.387 e. The van der Waals surface area contributed by atoms with Crippen LogP contribution in [-0.4, -0.2) is 33.8 Å². The van der Waals surface area contributed by atoms with E-state index in [0.29, 0.717) is 13.1 Å². The van der Waals surface area contributed by atoms with E-state index in [1.54, 1.807) is 0 Å². The van der Waals surface area contributed by atoms with Gasteiger partial charge in [0.15, 0.2) is 0 Å². The Bertz CT molecular complexity index is 1020. The van der Waals surface area contributed by atoms with Crippen molar-refractivity contribution in [2.45, 2.75) is 12.6 Å². The second-order valence-corrected chi connectivity index (χ2v) is 6.92. The molecular formula is C23H23N3O. The molecule has 0 aliphatic heterocycles. The molecule has 27 heavy (non-hydrogen) atoms. The van der Waals surface area contributed by atoms with Gasteiger partial charge in [-0.2, -0.15) is 5.10 Å². The van der Waals surface area contributed by atoms with Crippen LogP contribution in [0.5, 0.6) is 0 Å². The number of aromatic nitrogens is 2. The highest BCUT2D eigenvalue weighted by Crippen LogP contribution is 2.30. The smallest absolute Gasteiger partial charge is 0.0916 e. The third-order valence-corrected chi connectivity index (χ3v) is 4.89. The first-order valence-corrected chi connectivity index (χ1v) is 9.14. The van der Waals surface area contributed by atoms with Crippen LogP contribution in [0.3, 0.4) is 0 Å². The zero-order valence-corrected chi connectivity index (χ0v) is 15.3. The SMILES string of the molecule is CN(Cc1cn[nH]c1-c1cccc2ccccc12)CC(O)c1ccccc1. The molecule has 1 unspecified atom stereocenters. The van der Waals surface area contributed by atoms with Crippen LogP contribution in [-0.2, 0) is 6.54 Å². The van der Waals surface area contributed by atoms with E-state index >= 15 is 0 Å². The summed E-state index contributed by atoms with van der Waals surface area (Å²) >= 11 is 0. The highest BCUT2D eigenvalue weighted by Gasteiger charge is 2.15. The maximum absolute atomic E-state index is 10.5. The van der Waals surface area contributed by atoms with Gasteiger partial charge >= 0.3 is 0 Å². The Balaban J connectivity index is 1.55. The number of fused-ring (bicyclic) bond motifs is 1. The summed E-state index contributed by atoms with van der Waals surface area (Å²) in [6.07, 6.45) is 1.37. The summed E-state index contributed by atoms with van der Waals surface area (Å²) < 4.78 is 0. The molecule has 0 aliphatic rings. The number of benzene rings is 3. The Hall–Kier alpha value is -2.95. The third kappa shape index (κ3) is 3.77. The van der Waals surface area contributed by atoms with Crippen molar-refractivity contribution in [3.8, 4) is 11.3 Å². The molecule has 0 saturated carbocycles. The Kier molecular flexibility index (Phi) is 5.01. The minimum atomic E-state index is -0.510. The maximum atomic E-state index is 10.5. The van der Waals surface area contributed by atoms with E-state index in [9.17, 15) is 5.11 Å². The first kappa shape index (κ1) is 17.5. The van der Waals surface area contributed by atoms with Gasteiger partial charge in [-0.15, -0.1) is 0 Å². The molecule has 2 N–H and O–H groups in total. The Morgan fingerprint density at radius 2 is 1.70 bits per heavy atom. The first-order valence-electron chi connectivity index (χ1n) is 9.14. The van der Waals surface area contributed by atoms with Crippen molar-refractivity contribution in [2.75, 3.05) is 13.6 Å². The fraction of sp³-hybridized carbons (Fsp3) is 0.174. The molecule has 4 nitrogen and oxygen atoms in total. The molecule has 0 saturated heterocycles. The van der Waals surface area contributed by atoms with Gasteiger partial charge in [-0.1, -0.05) is 72.8 Å². The van der Waals surface area contributed by atoms with Gasteiger partial charge in [-0.3, -0.25) is 10.00 Å². The van der Waals surface area contributed by atoms with Gasteiger partial charge in [-0.05, 0) is 23.4 Å². The number of hydrogen-bond donors (Lipinski definition) is 2. The summed E-state index contributed by atoms with van der Waals surface area (Å²) in [6, 6.07) is 24.5. The molecule has 0 radical (unpaired) electrons. The van der Waals surface area contributed by atoms with Crippen LogP contribution in [0.15, 0.2) is 79.0 Å². The molecule has 4 heteroatoms. The molecule has 4 rings (SSSR count). The van der Waals surface area contributed by atoms with E-state index in [4.69, 9.17) is 0 Å². The van der Waals surface area contributed by atoms with Gasteiger partial charge < -0.3 is 5.11 Å². The van der Waals surface area contributed by atoms with E-state index in [2.05, 4.69) is 57.6 Å². The van der Waals surface area contributed by atoms with Crippen molar-refractivity contribution < 1.29 is 5.11 Å². The second-order valence-electron chi connectivity index (χ2n) is 6.92. The lowest BCUT2D eigenvalue weighted by Gasteiger charge is -2.21. The minimum absolute atomic E-state index is 0.510. The Labute approximate surface area is 159 Å². The van der Waals surface area contributed by atoms with Crippen molar-refractivity contribution >= 4 is 10.8 Å². The minimum Gasteiger partial charge on any atom is -0.387 e. The van der Waals surface area contributed by atoms with Crippen molar-refractivity contribution in [3.05, 3.63) is 90.1 Å². The van der Waals surface area contributed by atoms with Crippen LogP contribution < -0.4 is 0 Å². The molecule has 0 bridgehead atoms. The number of aliphatic hydroxyl groups is 1. The summed E-state index contributed by atoms with van der Waals surface area (Å²) in [5.41, 5.74) is 4.24. The number of nitrogens with one attached hydrogen (secondary N) is 1. The van der Waals surface area contributed by atoms with Crippen LogP contribution in [0, 0.1) is 0 Å². The molecule has 3 aromatic carbocycles. The van der Waals surface area contributed by atoms with Gasteiger partial charge in [0.25, 0.3) is 0 Å². The summed E-state index contributed by atoms with van der Waals surface area (Å²) in [5.74, 6) is 0. The second kappa shape index (κ2) is 7.74. The van der Waals surface area contributed by atoms with Crippen LogP contribution >= 0.6 is 0 Å². The predicted molar refractivity (Wildman–Crippen MR) is 109 cm³/mol. The lowest BCUT2D eigenvalue weighted by Crippen LogP contribution is -2.24. The summed E-state index contributed by atoms with van der Waals surface area (Å²) in [5, 5.41) is 20.3. The molecule has 1 heterocycles. The van der Waals surface area contributed by atoms with E-state index in [1.165, 1.54) is 10.8 Å². The van der Waals surface area contributed by atoms with Gasteiger partial charge in [0.05, 0.1) is 18.0 Å². The van der Waals surface area contributed by atoms with E-state index < -0.39 is 6.10 Å². The maximum Gasteiger partial charge on any atom is 0.0916 e. The van der Waals surface area contributed by atoms with Gasteiger partial charge in [-0.25, -0.2) is 0 Å². The lowest BCUT2D eigenvalue weighted by molar-refractivity contribution is 0.124.